The van der Waals surface area contributed by atoms with Crippen molar-refractivity contribution >= 4 is 17.4 Å². The molecular weight excluding hydrogens is 257 g/mol. The highest BCUT2D eigenvalue weighted by atomic mass is 35.5. The second-order valence-corrected chi connectivity index (χ2v) is 3.86. The minimum Gasteiger partial charge on any atom is -0.439 e. The van der Waals surface area contributed by atoms with Crippen LogP contribution < -0.4 is 10.5 Å². The molecule has 1 aromatic carbocycles. The van der Waals surface area contributed by atoms with Crippen molar-refractivity contribution in [3.8, 4) is 11.6 Å². The minimum atomic E-state index is -0.519. The van der Waals surface area contributed by atoms with Crippen LogP contribution in [0.1, 0.15) is 5.69 Å². The minimum absolute atomic E-state index is 0.0322. The third kappa shape index (κ3) is 2.75. The Kier molecular flexibility index (Phi) is 3.43. The van der Waals surface area contributed by atoms with Gasteiger partial charge in [0.15, 0.2) is 0 Å². The second-order valence-electron chi connectivity index (χ2n) is 3.45. The van der Waals surface area contributed by atoms with Gasteiger partial charge in [0, 0.05) is 12.1 Å². The van der Waals surface area contributed by atoms with Crippen molar-refractivity contribution in [2.24, 2.45) is 5.73 Å². The van der Waals surface area contributed by atoms with E-state index in [1.807, 2.05) is 0 Å². The summed E-state index contributed by atoms with van der Waals surface area (Å²) in [6, 6.07) is 8.83. The predicted octanol–water partition coefficient (Wildman–Crippen LogP) is 2.95. The van der Waals surface area contributed by atoms with Gasteiger partial charge in [-0.25, -0.2) is 9.37 Å². The standard InChI is InChI=1S/C12H9ClFN3O/c13-8-6-7(4-5-9(8)14)18-11-3-1-2-10(17-11)12(15)16/h1-6H,(H3,15,16). The summed E-state index contributed by atoms with van der Waals surface area (Å²) < 4.78 is 18.4. The molecule has 0 saturated carbocycles. The fraction of sp³-hybridized carbons (Fsp3) is 0. The molecule has 0 atom stereocenters. The van der Waals surface area contributed by atoms with Crippen LogP contribution in [-0.4, -0.2) is 10.8 Å². The Morgan fingerprint density at radius 2 is 2.11 bits per heavy atom. The van der Waals surface area contributed by atoms with Gasteiger partial charge in [0.25, 0.3) is 0 Å². The van der Waals surface area contributed by atoms with Gasteiger partial charge in [0.05, 0.1) is 5.02 Å². The molecule has 2 rings (SSSR count). The van der Waals surface area contributed by atoms with Crippen molar-refractivity contribution in [1.82, 2.24) is 4.98 Å². The van der Waals surface area contributed by atoms with Crippen LogP contribution in [0.25, 0.3) is 0 Å². The number of nitrogens with two attached hydrogens (primary N) is 1. The number of nitrogen functional groups attached to an aromatic ring is 1. The van der Waals surface area contributed by atoms with Crippen LogP contribution in [0.3, 0.4) is 0 Å². The first-order valence-electron chi connectivity index (χ1n) is 5.00. The van der Waals surface area contributed by atoms with Crippen molar-refractivity contribution in [3.05, 3.63) is 52.9 Å². The lowest BCUT2D eigenvalue weighted by Crippen LogP contribution is -2.13. The average Bonchev–Trinajstić information content (AvgIpc) is 2.34. The van der Waals surface area contributed by atoms with Gasteiger partial charge >= 0.3 is 0 Å². The van der Waals surface area contributed by atoms with E-state index in [4.69, 9.17) is 27.5 Å². The van der Waals surface area contributed by atoms with Crippen molar-refractivity contribution < 1.29 is 9.13 Å². The first kappa shape index (κ1) is 12.3. The first-order chi connectivity index (χ1) is 8.56. The smallest absolute Gasteiger partial charge is 0.219 e. The number of pyridine rings is 1. The Labute approximate surface area is 108 Å². The Balaban J connectivity index is 2.25. The third-order valence-electron chi connectivity index (χ3n) is 2.11. The number of rotatable bonds is 3. The van der Waals surface area contributed by atoms with Crippen LogP contribution in [0.5, 0.6) is 11.6 Å². The topological polar surface area (TPSA) is 72.0 Å². The molecule has 3 N–H and O–H groups in total. The van der Waals surface area contributed by atoms with Crippen LogP contribution in [-0.2, 0) is 0 Å². The SMILES string of the molecule is N=C(N)c1cccc(Oc2ccc(F)c(Cl)c2)n1. The van der Waals surface area contributed by atoms with Gasteiger partial charge in [-0.15, -0.1) is 0 Å². The molecule has 1 aromatic heterocycles. The Hall–Kier alpha value is -2.14. The van der Waals surface area contributed by atoms with E-state index in [9.17, 15) is 4.39 Å². The maximum Gasteiger partial charge on any atom is 0.219 e. The number of halogens is 2. The number of nitrogens with one attached hydrogen (secondary N) is 1. The first-order valence-corrected chi connectivity index (χ1v) is 5.38. The molecular formula is C12H9ClFN3O. The van der Waals surface area contributed by atoms with E-state index in [-0.39, 0.29) is 16.7 Å². The van der Waals surface area contributed by atoms with Gasteiger partial charge < -0.3 is 10.5 Å². The van der Waals surface area contributed by atoms with E-state index in [2.05, 4.69) is 4.98 Å². The zero-order valence-electron chi connectivity index (χ0n) is 9.15. The lowest BCUT2D eigenvalue weighted by Gasteiger charge is -2.06. The Bertz CT molecular complexity index is 604. The van der Waals surface area contributed by atoms with E-state index in [1.54, 1.807) is 18.2 Å². The molecule has 92 valence electrons. The van der Waals surface area contributed by atoms with E-state index in [0.29, 0.717) is 11.4 Å². The van der Waals surface area contributed by atoms with Crippen LogP contribution >= 0.6 is 11.6 Å². The molecule has 2 aromatic rings. The maximum absolute atomic E-state index is 13.0. The molecule has 0 spiro atoms. The summed E-state index contributed by atoms with van der Waals surface area (Å²) in [4.78, 5) is 4.01. The third-order valence-corrected chi connectivity index (χ3v) is 2.40. The highest BCUT2D eigenvalue weighted by molar-refractivity contribution is 6.30. The highest BCUT2D eigenvalue weighted by Gasteiger charge is 2.05. The molecule has 0 radical (unpaired) electrons. The van der Waals surface area contributed by atoms with Gasteiger partial charge in [-0.05, 0) is 18.2 Å². The maximum atomic E-state index is 13.0. The summed E-state index contributed by atoms with van der Waals surface area (Å²) in [7, 11) is 0. The Morgan fingerprint density at radius 1 is 1.33 bits per heavy atom. The van der Waals surface area contributed by atoms with E-state index in [0.717, 1.165) is 0 Å². The monoisotopic (exact) mass is 265 g/mol. The Morgan fingerprint density at radius 3 is 2.78 bits per heavy atom. The summed E-state index contributed by atoms with van der Waals surface area (Å²) >= 11 is 5.63. The zero-order valence-corrected chi connectivity index (χ0v) is 9.91. The summed E-state index contributed by atoms with van der Waals surface area (Å²) in [5, 5.41) is 7.23. The molecule has 0 amide bonds. The molecule has 4 nitrogen and oxygen atoms in total. The lowest BCUT2D eigenvalue weighted by molar-refractivity contribution is 0.461. The number of aromatic nitrogens is 1. The second kappa shape index (κ2) is 5.01. The van der Waals surface area contributed by atoms with Crippen LogP contribution in [0.2, 0.25) is 5.02 Å². The molecule has 18 heavy (non-hydrogen) atoms. The van der Waals surface area contributed by atoms with Gasteiger partial charge in [-0.1, -0.05) is 17.7 Å². The largest absolute Gasteiger partial charge is 0.439 e. The van der Waals surface area contributed by atoms with Gasteiger partial charge in [0.1, 0.15) is 23.1 Å². The summed E-state index contributed by atoms with van der Waals surface area (Å²) in [6.07, 6.45) is 0. The van der Waals surface area contributed by atoms with Crippen LogP contribution in [0.15, 0.2) is 36.4 Å². The van der Waals surface area contributed by atoms with E-state index in [1.165, 1.54) is 18.2 Å². The number of nitrogens with zero attached hydrogens (tertiary/aromatic N) is 1. The van der Waals surface area contributed by atoms with E-state index < -0.39 is 5.82 Å². The molecule has 1 heterocycles. The normalized spacial score (nSPS) is 10.1. The van der Waals surface area contributed by atoms with Crippen LogP contribution in [0.4, 0.5) is 4.39 Å². The number of amidine groups is 1. The molecule has 6 heteroatoms. The molecule has 0 aliphatic carbocycles. The molecule has 0 saturated heterocycles. The fourth-order valence-corrected chi connectivity index (χ4v) is 1.45. The number of hydrogen-bond donors (Lipinski definition) is 2. The van der Waals surface area contributed by atoms with Gasteiger partial charge in [-0.3, -0.25) is 5.41 Å². The molecule has 0 aliphatic rings. The van der Waals surface area contributed by atoms with Crippen molar-refractivity contribution in [1.29, 1.82) is 5.41 Å². The number of ether oxygens (including phenoxy) is 1. The lowest BCUT2D eigenvalue weighted by atomic mass is 10.3. The molecule has 0 unspecified atom stereocenters. The quantitative estimate of drug-likeness (QED) is 0.662. The van der Waals surface area contributed by atoms with Crippen molar-refractivity contribution in [2.45, 2.75) is 0 Å². The number of hydrogen-bond acceptors (Lipinski definition) is 3. The molecule has 0 bridgehead atoms. The summed E-state index contributed by atoms with van der Waals surface area (Å²) in [5.41, 5.74) is 5.62. The zero-order chi connectivity index (χ0) is 13.1. The van der Waals surface area contributed by atoms with Gasteiger partial charge in [0.2, 0.25) is 5.88 Å². The van der Waals surface area contributed by atoms with Crippen molar-refractivity contribution in [3.63, 3.8) is 0 Å². The highest BCUT2D eigenvalue weighted by Crippen LogP contribution is 2.25. The fourth-order valence-electron chi connectivity index (χ4n) is 1.28. The number of benzene rings is 1. The predicted molar refractivity (Wildman–Crippen MR) is 66.7 cm³/mol. The summed E-state index contributed by atoms with van der Waals surface area (Å²) in [5.74, 6) is -0.0629. The summed E-state index contributed by atoms with van der Waals surface area (Å²) in [6.45, 7) is 0. The van der Waals surface area contributed by atoms with E-state index >= 15 is 0 Å². The average molecular weight is 266 g/mol. The molecule has 0 fully saturated rings. The molecule has 0 aliphatic heterocycles. The van der Waals surface area contributed by atoms with Crippen molar-refractivity contribution in [2.75, 3.05) is 0 Å². The van der Waals surface area contributed by atoms with Gasteiger partial charge in [-0.2, -0.15) is 0 Å². The van der Waals surface area contributed by atoms with Crippen LogP contribution in [0, 0.1) is 11.2 Å².